The van der Waals surface area contributed by atoms with Gasteiger partial charge in [-0.05, 0) is 42.5 Å². The highest BCUT2D eigenvalue weighted by Gasteiger charge is 2.43. The molecule has 1 aliphatic rings. The Morgan fingerprint density at radius 2 is 1.50 bits per heavy atom. The van der Waals surface area contributed by atoms with Gasteiger partial charge in [-0.1, -0.05) is 62.7 Å². The van der Waals surface area contributed by atoms with Gasteiger partial charge in [0.1, 0.15) is 6.04 Å². The maximum absolute atomic E-state index is 12.9. The van der Waals surface area contributed by atoms with Crippen molar-refractivity contribution in [1.29, 1.82) is 0 Å². The minimum Gasteiger partial charge on any atom is -0.282 e. The quantitative estimate of drug-likeness (QED) is 0.756. The monoisotopic (exact) mass is 350 g/mol. The summed E-state index contributed by atoms with van der Waals surface area (Å²) in [5.41, 5.74) is 4.14. The fourth-order valence-electron chi connectivity index (χ4n) is 3.20. The lowest BCUT2D eigenvalue weighted by atomic mass is 9.87. The largest absolute Gasteiger partial charge is 0.332 e. The van der Waals surface area contributed by atoms with Gasteiger partial charge in [-0.3, -0.25) is 14.6 Å². The molecule has 0 aliphatic carbocycles. The molecule has 26 heavy (non-hydrogen) atoms. The third-order valence-electron chi connectivity index (χ3n) is 4.92. The van der Waals surface area contributed by atoms with Crippen LogP contribution in [-0.4, -0.2) is 22.9 Å². The van der Waals surface area contributed by atoms with Crippen molar-refractivity contribution in [3.05, 3.63) is 65.2 Å². The summed E-state index contributed by atoms with van der Waals surface area (Å²) in [6.07, 6.45) is 0. The lowest BCUT2D eigenvalue weighted by molar-refractivity contribution is -0.127. The standard InChI is InChI=1S/C22H26N2O2/c1-15-6-12-19(13-7-15)24-16(2)20(25)23(21(24)26)14-17-8-10-18(11-9-17)22(3,4)5/h6-13,16H,14H2,1-5H3. The van der Waals surface area contributed by atoms with Gasteiger partial charge in [0.15, 0.2) is 0 Å². The molecule has 1 fully saturated rings. The van der Waals surface area contributed by atoms with Crippen LogP contribution >= 0.6 is 0 Å². The van der Waals surface area contributed by atoms with Crippen molar-refractivity contribution >= 4 is 17.6 Å². The van der Waals surface area contributed by atoms with E-state index < -0.39 is 6.04 Å². The SMILES string of the molecule is Cc1ccc(N2C(=O)N(Cc3ccc(C(C)(C)C)cc3)C(=O)C2C)cc1. The fraction of sp³-hybridized carbons (Fsp3) is 0.364. The first-order chi connectivity index (χ1) is 12.2. The van der Waals surface area contributed by atoms with Crippen LogP contribution < -0.4 is 4.90 Å². The van der Waals surface area contributed by atoms with Gasteiger partial charge in [-0.25, -0.2) is 4.79 Å². The zero-order chi connectivity index (χ0) is 19.1. The predicted octanol–water partition coefficient (Wildman–Crippen LogP) is 4.65. The van der Waals surface area contributed by atoms with Crippen LogP contribution in [0.2, 0.25) is 0 Å². The summed E-state index contributed by atoms with van der Waals surface area (Å²) in [6, 6.07) is 15.1. The van der Waals surface area contributed by atoms with Crippen LogP contribution in [-0.2, 0) is 16.8 Å². The molecule has 0 spiro atoms. The Bertz CT molecular complexity index is 817. The van der Waals surface area contributed by atoms with Gasteiger partial charge in [0.2, 0.25) is 0 Å². The van der Waals surface area contributed by atoms with Crippen LogP contribution in [0.15, 0.2) is 48.5 Å². The van der Waals surface area contributed by atoms with Crippen molar-refractivity contribution in [1.82, 2.24) is 4.90 Å². The van der Waals surface area contributed by atoms with Gasteiger partial charge in [0, 0.05) is 5.69 Å². The normalized spacial score (nSPS) is 18.0. The molecule has 1 unspecified atom stereocenters. The van der Waals surface area contributed by atoms with Crippen LogP contribution in [0.4, 0.5) is 10.5 Å². The first kappa shape index (κ1) is 18.2. The highest BCUT2D eigenvalue weighted by atomic mass is 16.2. The second kappa shape index (κ2) is 6.60. The van der Waals surface area contributed by atoms with Gasteiger partial charge < -0.3 is 0 Å². The molecule has 1 aliphatic heterocycles. The summed E-state index contributed by atoms with van der Waals surface area (Å²) in [4.78, 5) is 28.5. The van der Waals surface area contributed by atoms with Crippen molar-refractivity contribution in [2.24, 2.45) is 0 Å². The number of amides is 3. The molecule has 1 atom stereocenters. The zero-order valence-electron chi connectivity index (χ0n) is 16.1. The summed E-state index contributed by atoms with van der Waals surface area (Å²) in [7, 11) is 0. The lowest BCUT2D eigenvalue weighted by Gasteiger charge is -2.21. The number of urea groups is 1. The van der Waals surface area contributed by atoms with Crippen molar-refractivity contribution in [2.75, 3.05) is 4.90 Å². The summed E-state index contributed by atoms with van der Waals surface area (Å²) in [5, 5.41) is 0. The predicted molar refractivity (Wildman–Crippen MR) is 104 cm³/mol. The molecule has 3 amide bonds. The van der Waals surface area contributed by atoms with E-state index in [1.807, 2.05) is 43.3 Å². The van der Waals surface area contributed by atoms with E-state index in [0.717, 1.165) is 16.8 Å². The van der Waals surface area contributed by atoms with Crippen LogP contribution in [0.5, 0.6) is 0 Å². The van der Waals surface area contributed by atoms with Gasteiger partial charge in [0.05, 0.1) is 6.54 Å². The summed E-state index contributed by atoms with van der Waals surface area (Å²) >= 11 is 0. The lowest BCUT2D eigenvalue weighted by Crippen LogP contribution is -2.33. The average molecular weight is 350 g/mol. The summed E-state index contributed by atoms with van der Waals surface area (Å²) in [6.45, 7) is 10.6. The van der Waals surface area contributed by atoms with E-state index >= 15 is 0 Å². The smallest absolute Gasteiger partial charge is 0.282 e. The molecule has 2 aromatic carbocycles. The molecule has 0 aromatic heterocycles. The Morgan fingerprint density at radius 1 is 0.923 bits per heavy atom. The number of nitrogens with zero attached hydrogens (tertiary/aromatic N) is 2. The summed E-state index contributed by atoms with van der Waals surface area (Å²) < 4.78 is 0. The molecule has 0 saturated carbocycles. The van der Waals surface area contributed by atoms with Crippen LogP contribution in [0.25, 0.3) is 0 Å². The van der Waals surface area contributed by atoms with Gasteiger partial charge in [0.25, 0.3) is 5.91 Å². The number of hydrogen-bond acceptors (Lipinski definition) is 2. The minimum atomic E-state index is -0.487. The molecule has 3 rings (SSSR count). The molecule has 0 N–H and O–H groups in total. The second-order valence-corrected chi connectivity index (χ2v) is 8.04. The number of rotatable bonds is 3. The van der Waals surface area contributed by atoms with Crippen LogP contribution in [0.3, 0.4) is 0 Å². The topological polar surface area (TPSA) is 40.6 Å². The third kappa shape index (κ3) is 3.36. The molecular formula is C22H26N2O2. The van der Waals surface area contributed by atoms with E-state index in [4.69, 9.17) is 0 Å². The maximum atomic E-state index is 12.9. The third-order valence-corrected chi connectivity index (χ3v) is 4.92. The molecule has 4 nitrogen and oxygen atoms in total. The number of anilines is 1. The van der Waals surface area contributed by atoms with Crippen molar-refractivity contribution in [3.63, 3.8) is 0 Å². The van der Waals surface area contributed by atoms with E-state index in [-0.39, 0.29) is 17.4 Å². The van der Waals surface area contributed by atoms with Crippen molar-refractivity contribution in [2.45, 2.75) is 52.6 Å². The molecule has 2 aromatic rings. The Morgan fingerprint density at radius 3 is 2.04 bits per heavy atom. The second-order valence-electron chi connectivity index (χ2n) is 8.04. The van der Waals surface area contributed by atoms with Crippen LogP contribution in [0, 0.1) is 6.92 Å². The van der Waals surface area contributed by atoms with Gasteiger partial charge in [-0.15, -0.1) is 0 Å². The number of carbonyl (C=O) groups excluding carboxylic acids is 2. The zero-order valence-corrected chi connectivity index (χ0v) is 16.1. The number of benzene rings is 2. The van der Waals surface area contributed by atoms with E-state index in [9.17, 15) is 9.59 Å². The molecule has 0 bridgehead atoms. The molecule has 0 radical (unpaired) electrons. The Labute approximate surface area is 155 Å². The Kier molecular flexibility index (Phi) is 4.61. The van der Waals surface area contributed by atoms with E-state index in [2.05, 4.69) is 32.9 Å². The molecule has 4 heteroatoms. The van der Waals surface area contributed by atoms with E-state index in [0.29, 0.717) is 6.54 Å². The number of imide groups is 1. The van der Waals surface area contributed by atoms with Crippen molar-refractivity contribution < 1.29 is 9.59 Å². The minimum absolute atomic E-state index is 0.0779. The first-order valence-electron chi connectivity index (χ1n) is 8.99. The Hall–Kier alpha value is -2.62. The molecule has 1 heterocycles. The van der Waals surface area contributed by atoms with E-state index in [1.54, 1.807) is 11.8 Å². The highest BCUT2D eigenvalue weighted by Crippen LogP contribution is 2.28. The highest BCUT2D eigenvalue weighted by molar-refractivity contribution is 6.13. The number of aryl methyl sites for hydroxylation is 1. The van der Waals surface area contributed by atoms with Gasteiger partial charge >= 0.3 is 6.03 Å². The number of carbonyl (C=O) groups is 2. The number of hydrogen-bond donors (Lipinski definition) is 0. The molecule has 1 saturated heterocycles. The first-order valence-corrected chi connectivity index (χ1v) is 8.99. The molecular weight excluding hydrogens is 324 g/mol. The van der Waals surface area contributed by atoms with Crippen LogP contribution in [0.1, 0.15) is 44.4 Å². The van der Waals surface area contributed by atoms with E-state index in [1.165, 1.54) is 10.5 Å². The average Bonchev–Trinajstić information content (AvgIpc) is 2.79. The Balaban J connectivity index is 1.81. The van der Waals surface area contributed by atoms with Gasteiger partial charge in [-0.2, -0.15) is 0 Å². The summed E-state index contributed by atoms with van der Waals surface area (Å²) in [5.74, 6) is -0.157. The van der Waals surface area contributed by atoms with Crippen molar-refractivity contribution in [3.8, 4) is 0 Å². The molecule has 136 valence electrons. The maximum Gasteiger partial charge on any atom is 0.332 e. The fourth-order valence-corrected chi connectivity index (χ4v) is 3.20.